The molecule has 132 valence electrons. The molecule has 0 fully saturated rings. The van der Waals surface area contributed by atoms with Gasteiger partial charge in [-0.25, -0.2) is 0 Å². The summed E-state index contributed by atoms with van der Waals surface area (Å²) in [4.78, 5) is 16.3. The van der Waals surface area contributed by atoms with Gasteiger partial charge in [-0.3, -0.25) is 9.78 Å². The highest BCUT2D eigenvalue weighted by Crippen LogP contribution is 2.25. The van der Waals surface area contributed by atoms with Gasteiger partial charge in [0.1, 0.15) is 11.5 Å². The topological polar surface area (TPSA) is 39.2 Å². The van der Waals surface area contributed by atoms with Crippen molar-refractivity contribution in [3.05, 3.63) is 89.7 Å². The summed E-state index contributed by atoms with van der Waals surface area (Å²) in [6, 6.07) is 18.8. The molecule has 1 heterocycles. The van der Waals surface area contributed by atoms with Gasteiger partial charge < -0.3 is 4.74 Å². The molecule has 2 aromatic carbocycles. The molecule has 0 saturated carbocycles. The first kappa shape index (κ1) is 17.9. The van der Waals surface area contributed by atoms with Crippen LogP contribution in [0, 0.1) is 5.41 Å². The highest BCUT2D eigenvalue weighted by molar-refractivity contribution is 6.08. The van der Waals surface area contributed by atoms with Gasteiger partial charge in [0.2, 0.25) is 0 Å². The summed E-state index contributed by atoms with van der Waals surface area (Å²) in [5.74, 6) is 1.47. The maximum atomic E-state index is 12.4. The Morgan fingerprint density at radius 2 is 1.31 bits per heavy atom. The van der Waals surface area contributed by atoms with Gasteiger partial charge in [0.15, 0.2) is 5.78 Å². The van der Waals surface area contributed by atoms with Gasteiger partial charge in [0, 0.05) is 23.5 Å². The molecule has 0 saturated heterocycles. The standard InChI is InChI=1S/C23H23NO2/c1-23(2,3)16-17-4-8-20(9-5-17)26-21-10-6-18(7-11-21)22(25)19-12-14-24-15-13-19/h4-15H,16H2,1-3H3. The molecule has 0 aliphatic rings. The lowest BCUT2D eigenvalue weighted by atomic mass is 9.88. The Morgan fingerprint density at radius 3 is 1.85 bits per heavy atom. The SMILES string of the molecule is CC(C)(C)Cc1ccc(Oc2ccc(C(=O)c3ccncc3)cc2)cc1. The minimum atomic E-state index is -0.0227. The first-order valence-electron chi connectivity index (χ1n) is 8.72. The van der Waals surface area contributed by atoms with Crippen molar-refractivity contribution >= 4 is 5.78 Å². The molecule has 0 radical (unpaired) electrons. The van der Waals surface area contributed by atoms with Crippen molar-refractivity contribution < 1.29 is 9.53 Å². The van der Waals surface area contributed by atoms with Crippen molar-refractivity contribution in [2.24, 2.45) is 5.41 Å². The fraction of sp³-hybridized carbons (Fsp3) is 0.217. The van der Waals surface area contributed by atoms with Gasteiger partial charge in [-0.1, -0.05) is 32.9 Å². The molecule has 0 N–H and O–H groups in total. The fourth-order valence-electron chi connectivity index (χ4n) is 2.77. The van der Waals surface area contributed by atoms with Crippen LogP contribution in [0.1, 0.15) is 42.3 Å². The zero-order valence-corrected chi connectivity index (χ0v) is 15.4. The van der Waals surface area contributed by atoms with E-state index in [-0.39, 0.29) is 11.2 Å². The van der Waals surface area contributed by atoms with Crippen LogP contribution < -0.4 is 4.74 Å². The predicted molar refractivity (Wildman–Crippen MR) is 104 cm³/mol. The third-order valence-corrected chi connectivity index (χ3v) is 3.95. The first-order chi connectivity index (χ1) is 12.4. The third kappa shape index (κ3) is 4.79. The van der Waals surface area contributed by atoms with Crippen LogP contribution in [0.5, 0.6) is 11.5 Å². The van der Waals surface area contributed by atoms with Crippen LogP contribution in [0.25, 0.3) is 0 Å². The van der Waals surface area contributed by atoms with Crippen LogP contribution in [0.4, 0.5) is 0 Å². The smallest absolute Gasteiger partial charge is 0.193 e. The van der Waals surface area contributed by atoms with Gasteiger partial charge >= 0.3 is 0 Å². The second-order valence-electron chi connectivity index (χ2n) is 7.57. The Balaban J connectivity index is 1.67. The Hall–Kier alpha value is -2.94. The van der Waals surface area contributed by atoms with Gasteiger partial charge in [-0.05, 0) is 65.9 Å². The average Bonchev–Trinajstić information content (AvgIpc) is 2.63. The molecule has 3 aromatic rings. The van der Waals surface area contributed by atoms with E-state index in [4.69, 9.17) is 4.74 Å². The van der Waals surface area contributed by atoms with Crippen LogP contribution in [0.15, 0.2) is 73.1 Å². The number of aromatic nitrogens is 1. The largest absolute Gasteiger partial charge is 0.457 e. The minimum absolute atomic E-state index is 0.0227. The number of pyridine rings is 1. The van der Waals surface area contributed by atoms with E-state index in [1.165, 1.54) is 5.56 Å². The number of hydrogen-bond acceptors (Lipinski definition) is 3. The number of carbonyl (C=O) groups is 1. The normalized spacial score (nSPS) is 11.2. The summed E-state index contributed by atoms with van der Waals surface area (Å²) in [6.07, 6.45) is 4.27. The van der Waals surface area contributed by atoms with E-state index >= 15 is 0 Å². The molecule has 0 atom stereocenters. The summed E-state index contributed by atoms with van der Waals surface area (Å²) < 4.78 is 5.88. The van der Waals surface area contributed by atoms with E-state index in [1.54, 1.807) is 36.7 Å². The highest BCUT2D eigenvalue weighted by Gasteiger charge is 2.11. The van der Waals surface area contributed by atoms with Crippen LogP contribution in [0.3, 0.4) is 0 Å². The zero-order chi connectivity index (χ0) is 18.6. The lowest BCUT2D eigenvalue weighted by Crippen LogP contribution is -2.08. The second-order valence-corrected chi connectivity index (χ2v) is 7.57. The van der Waals surface area contributed by atoms with E-state index in [2.05, 4.69) is 37.9 Å². The van der Waals surface area contributed by atoms with Gasteiger partial charge in [-0.2, -0.15) is 0 Å². The molecule has 3 nitrogen and oxygen atoms in total. The molecular formula is C23H23NO2. The van der Waals surface area contributed by atoms with Gasteiger partial charge in [0.05, 0.1) is 0 Å². The molecular weight excluding hydrogens is 322 g/mol. The fourth-order valence-corrected chi connectivity index (χ4v) is 2.77. The Morgan fingerprint density at radius 1 is 0.808 bits per heavy atom. The molecule has 0 unspecified atom stereocenters. The van der Waals surface area contributed by atoms with Gasteiger partial charge in [0.25, 0.3) is 0 Å². The van der Waals surface area contributed by atoms with Crippen molar-refractivity contribution in [3.8, 4) is 11.5 Å². The maximum Gasteiger partial charge on any atom is 0.193 e. The third-order valence-electron chi connectivity index (χ3n) is 3.95. The van der Waals surface area contributed by atoms with E-state index in [9.17, 15) is 4.79 Å². The monoisotopic (exact) mass is 345 g/mol. The summed E-state index contributed by atoms with van der Waals surface area (Å²) in [5, 5.41) is 0. The Kier molecular flexibility index (Phi) is 5.17. The Bertz CT molecular complexity index is 861. The molecule has 1 aromatic heterocycles. The number of benzene rings is 2. The predicted octanol–water partition coefficient (Wildman–Crippen LogP) is 5.69. The van der Waals surface area contributed by atoms with Crippen molar-refractivity contribution in [1.82, 2.24) is 4.98 Å². The number of hydrogen-bond donors (Lipinski definition) is 0. The quantitative estimate of drug-likeness (QED) is 0.557. The summed E-state index contributed by atoms with van der Waals surface area (Å²) in [5.41, 5.74) is 2.81. The molecule has 0 spiro atoms. The maximum absolute atomic E-state index is 12.4. The van der Waals surface area contributed by atoms with Crippen molar-refractivity contribution in [1.29, 1.82) is 0 Å². The van der Waals surface area contributed by atoms with E-state index in [1.807, 2.05) is 24.3 Å². The zero-order valence-electron chi connectivity index (χ0n) is 15.4. The lowest BCUT2D eigenvalue weighted by molar-refractivity contribution is 0.103. The Labute approximate surface area is 154 Å². The lowest BCUT2D eigenvalue weighted by Gasteiger charge is -2.18. The minimum Gasteiger partial charge on any atom is -0.457 e. The molecule has 3 rings (SSSR count). The molecule has 0 amide bonds. The van der Waals surface area contributed by atoms with Gasteiger partial charge in [-0.15, -0.1) is 0 Å². The molecule has 0 aliphatic heterocycles. The summed E-state index contributed by atoms with van der Waals surface area (Å²) >= 11 is 0. The molecule has 0 bridgehead atoms. The van der Waals surface area contributed by atoms with E-state index in [0.29, 0.717) is 16.9 Å². The number of nitrogens with zero attached hydrogens (tertiary/aromatic N) is 1. The molecule has 3 heteroatoms. The summed E-state index contributed by atoms with van der Waals surface area (Å²) in [7, 11) is 0. The van der Waals surface area contributed by atoms with Crippen LogP contribution >= 0.6 is 0 Å². The van der Waals surface area contributed by atoms with E-state index in [0.717, 1.165) is 12.2 Å². The molecule has 0 aliphatic carbocycles. The average molecular weight is 345 g/mol. The van der Waals surface area contributed by atoms with Crippen molar-refractivity contribution in [2.45, 2.75) is 27.2 Å². The van der Waals surface area contributed by atoms with Crippen molar-refractivity contribution in [2.75, 3.05) is 0 Å². The number of carbonyl (C=O) groups excluding carboxylic acids is 1. The van der Waals surface area contributed by atoms with Crippen LogP contribution in [-0.4, -0.2) is 10.8 Å². The number of ketones is 1. The first-order valence-corrected chi connectivity index (χ1v) is 8.72. The summed E-state index contributed by atoms with van der Waals surface area (Å²) in [6.45, 7) is 6.69. The van der Waals surface area contributed by atoms with Crippen LogP contribution in [-0.2, 0) is 6.42 Å². The number of rotatable bonds is 5. The highest BCUT2D eigenvalue weighted by atomic mass is 16.5. The van der Waals surface area contributed by atoms with Crippen molar-refractivity contribution in [3.63, 3.8) is 0 Å². The molecule has 26 heavy (non-hydrogen) atoms. The van der Waals surface area contributed by atoms with Crippen LogP contribution in [0.2, 0.25) is 0 Å². The second kappa shape index (κ2) is 7.52. The van der Waals surface area contributed by atoms with E-state index < -0.39 is 0 Å². The number of ether oxygens (including phenoxy) is 1.